The van der Waals surface area contributed by atoms with Gasteiger partial charge in [0.25, 0.3) is 5.56 Å². The van der Waals surface area contributed by atoms with Gasteiger partial charge in [-0.15, -0.1) is 0 Å². The minimum absolute atomic E-state index is 0.0134. The lowest BCUT2D eigenvalue weighted by molar-refractivity contribution is -0.123. The summed E-state index contributed by atoms with van der Waals surface area (Å²) in [5, 5.41) is 2.99. The Hall–Kier alpha value is -2.28. The number of benzene rings is 1. The molecule has 1 amide bonds. The van der Waals surface area contributed by atoms with Gasteiger partial charge in [-0.25, -0.2) is 9.37 Å². The maximum Gasteiger partial charge on any atom is 0.261 e. The van der Waals surface area contributed by atoms with Gasteiger partial charge in [0.1, 0.15) is 12.4 Å². The van der Waals surface area contributed by atoms with Gasteiger partial charge in [0.15, 0.2) is 0 Å². The van der Waals surface area contributed by atoms with Crippen molar-refractivity contribution in [3.8, 4) is 0 Å². The van der Waals surface area contributed by atoms with Gasteiger partial charge in [-0.3, -0.25) is 14.2 Å². The molecule has 7 heteroatoms. The molecule has 0 aliphatic carbocycles. The number of nitrogens with zero attached hydrogens (tertiary/aromatic N) is 2. The molecular formula is C16H18FN3O3. The predicted molar refractivity (Wildman–Crippen MR) is 82.5 cm³/mol. The highest BCUT2D eigenvalue weighted by molar-refractivity contribution is 5.79. The van der Waals surface area contributed by atoms with Crippen molar-refractivity contribution in [2.24, 2.45) is 0 Å². The first kappa shape index (κ1) is 15.6. The maximum absolute atomic E-state index is 13.3. The van der Waals surface area contributed by atoms with Crippen LogP contribution >= 0.6 is 0 Å². The zero-order valence-corrected chi connectivity index (χ0v) is 12.8. The largest absolute Gasteiger partial charge is 0.376 e. The highest BCUT2D eigenvalue weighted by Gasteiger charge is 2.23. The predicted octanol–water partition coefficient (Wildman–Crippen LogP) is 1.22. The van der Waals surface area contributed by atoms with Gasteiger partial charge in [0, 0.05) is 6.61 Å². The number of halogens is 1. The SMILES string of the molecule is C[C@@H](NC(=O)Cn1cnc2ccc(F)cc2c1=O)[C@@H]1CCCO1. The molecule has 0 bridgehead atoms. The van der Waals surface area contributed by atoms with Crippen LogP contribution in [0, 0.1) is 5.82 Å². The molecule has 1 fully saturated rings. The monoisotopic (exact) mass is 319 g/mol. The van der Waals surface area contributed by atoms with Crippen molar-refractivity contribution >= 4 is 16.8 Å². The molecular weight excluding hydrogens is 301 g/mol. The van der Waals surface area contributed by atoms with Crippen molar-refractivity contribution in [1.82, 2.24) is 14.9 Å². The quantitative estimate of drug-likeness (QED) is 0.919. The van der Waals surface area contributed by atoms with E-state index in [1.807, 2.05) is 6.92 Å². The average Bonchev–Trinajstić information content (AvgIpc) is 3.05. The minimum atomic E-state index is -0.509. The third kappa shape index (κ3) is 3.39. The smallest absolute Gasteiger partial charge is 0.261 e. The first-order valence-electron chi connectivity index (χ1n) is 7.60. The number of ether oxygens (including phenoxy) is 1. The molecule has 1 aliphatic heterocycles. The summed E-state index contributed by atoms with van der Waals surface area (Å²) in [4.78, 5) is 28.5. The Morgan fingerprint density at radius 3 is 3.13 bits per heavy atom. The summed E-state index contributed by atoms with van der Waals surface area (Å²) >= 11 is 0. The molecule has 1 saturated heterocycles. The van der Waals surface area contributed by atoms with Crippen LogP contribution in [0.25, 0.3) is 10.9 Å². The van der Waals surface area contributed by atoms with Crippen molar-refractivity contribution in [3.63, 3.8) is 0 Å². The van der Waals surface area contributed by atoms with E-state index in [1.165, 1.54) is 23.0 Å². The lowest BCUT2D eigenvalue weighted by atomic mass is 10.1. The number of carbonyl (C=O) groups is 1. The molecule has 1 aromatic heterocycles. The highest BCUT2D eigenvalue weighted by Crippen LogP contribution is 2.15. The summed E-state index contributed by atoms with van der Waals surface area (Å²) in [7, 11) is 0. The van der Waals surface area contributed by atoms with E-state index in [2.05, 4.69) is 10.3 Å². The van der Waals surface area contributed by atoms with E-state index in [1.54, 1.807) is 0 Å². The van der Waals surface area contributed by atoms with E-state index in [9.17, 15) is 14.0 Å². The molecule has 2 atom stereocenters. The summed E-state index contributed by atoms with van der Waals surface area (Å²) in [6.07, 6.45) is 3.22. The first-order valence-corrected chi connectivity index (χ1v) is 7.60. The summed E-state index contributed by atoms with van der Waals surface area (Å²) < 4.78 is 20.0. The Morgan fingerprint density at radius 2 is 2.39 bits per heavy atom. The normalized spacial score (nSPS) is 19.0. The van der Waals surface area contributed by atoms with E-state index in [0.717, 1.165) is 18.9 Å². The number of hydrogen-bond acceptors (Lipinski definition) is 4. The number of nitrogens with one attached hydrogen (secondary N) is 1. The van der Waals surface area contributed by atoms with Crippen LogP contribution < -0.4 is 10.9 Å². The maximum atomic E-state index is 13.3. The summed E-state index contributed by atoms with van der Waals surface area (Å²) in [5.41, 5.74) is -0.0322. The van der Waals surface area contributed by atoms with Crippen LogP contribution in [0.1, 0.15) is 19.8 Å². The van der Waals surface area contributed by atoms with Crippen molar-refractivity contribution in [2.75, 3.05) is 6.61 Å². The molecule has 3 rings (SSSR count). The van der Waals surface area contributed by atoms with Gasteiger partial charge in [0.05, 0.1) is 29.4 Å². The highest BCUT2D eigenvalue weighted by atomic mass is 19.1. The number of hydrogen-bond donors (Lipinski definition) is 1. The van der Waals surface area contributed by atoms with E-state index in [4.69, 9.17) is 4.74 Å². The van der Waals surface area contributed by atoms with Crippen LogP contribution in [0.3, 0.4) is 0 Å². The third-order valence-corrected chi connectivity index (χ3v) is 4.01. The zero-order chi connectivity index (χ0) is 16.4. The Kier molecular flexibility index (Phi) is 4.38. The van der Waals surface area contributed by atoms with Crippen LogP contribution in [0.2, 0.25) is 0 Å². The minimum Gasteiger partial charge on any atom is -0.376 e. The molecule has 1 aliphatic rings. The van der Waals surface area contributed by atoms with Crippen LogP contribution in [-0.4, -0.2) is 34.2 Å². The molecule has 2 aromatic rings. The van der Waals surface area contributed by atoms with Crippen LogP contribution in [0.5, 0.6) is 0 Å². The Morgan fingerprint density at radius 1 is 1.57 bits per heavy atom. The van der Waals surface area contributed by atoms with Crippen molar-refractivity contribution < 1.29 is 13.9 Å². The van der Waals surface area contributed by atoms with Gasteiger partial charge in [-0.2, -0.15) is 0 Å². The van der Waals surface area contributed by atoms with E-state index in [0.29, 0.717) is 12.1 Å². The van der Waals surface area contributed by atoms with Crippen LogP contribution in [-0.2, 0) is 16.1 Å². The summed E-state index contributed by atoms with van der Waals surface area (Å²) in [6.45, 7) is 2.44. The molecule has 1 aromatic carbocycles. The summed E-state index contributed by atoms with van der Waals surface area (Å²) in [5.74, 6) is -0.807. The van der Waals surface area contributed by atoms with Gasteiger partial charge in [-0.1, -0.05) is 0 Å². The molecule has 6 nitrogen and oxygen atoms in total. The lowest BCUT2D eigenvalue weighted by Gasteiger charge is -2.20. The Balaban J connectivity index is 1.74. The van der Waals surface area contributed by atoms with E-state index < -0.39 is 11.4 Å². The molecule has 0 spiro atoms. The Labute approximate surface area is 132 Å². The second kappa shape index (κ2) is 6.45. The third-order valence-electron chi connectivity index (χ3n) is 4.01. The molecule has 0 radical (unpaired) electrons. The van der Waals surface area contributed by atoms with Crippen molar-refractivity contribution in [1.29, 1.82) is 0 Å². The molecule has 122 valence electrons. The first-order chi connectivity index (χ1) is 11.0. The zero-order valence-electron chi connectivity index (χ0n) is 12.8. The van der Waals surface area contributed by atoms with Gasteiger partial charge >= 0.3 is 0 Å². The van der Waals surface area contributed by atoms with Gasteiger partial charge < -0.3 is 10.1 Å². The molecule has 0 unspecified atom stereocenters. The molecule has 23 heavy (non-hydrogen) atoms. The molecule has 0 saturated carbocycles. The number of carbonyl (C=O) groups excluding carboxylic acids is 1. The van der Waals surface area contributed by atoms with Crippen molar-refractivity contribution in [3.05, 3.63) is 40.7 Å². The Bertz CT molecular complexity index is 784. The molecule has 2 heterocycles. The summed E-state index contributed by atoms with van der Waals surface area (Å²) in [6, 6.07) is 3.70. The second-order valence-corrected chi connectivity index (χ2v) is 5.75. The standard InChI is InChI=1S/C16H18FN3O3/c1-10(14-3-2-6-23-14)19-15(21)8-20-9-18-13-5-4-11(17)7-12(13)16(20)22/h4-5,7,9-10,14H,2-3,6,8H2,1H3,(H,19,21)/t10-,14+/m1/s1. The molecule has 1 N–H and O–H groups in total. The van der Waals surface area contributed by atoms with Crippen LogP contribution in [0.4, 0.5) is 4.39 Å². The second-order valence-electron chi connectivity index (χ2n) is 5.75. The fourth-order valence-corrected chi connectivity index (χ4v) is 2.79. The van der Waals surface area contributed by atoms with Crippen molar-refractivity contribution in [2.45, 2.75) is 38.5 Å². The number of rotatable bonds is 4. The number of fused-ring (bicyclic) bond motifs is 1. The van der Waals surface area contributed by atoms with Gasteiger partial charge in [-0.05, 0) is 38.0 Å². The topological polar surface area (TPSA) is 73.2 Å². The van der Waals surface area contributed by atoms with Crippen LogP contribution in [0.15, 0.2) is 29.3 Å². The number of amides is 1. The fourth-order valence-electron chi connectivity index (χ4n) is 2.79. The average molecular weight is 319 g/mol. The fraction of sp³-hybridized carbons (Fsp3) is 0.438. The lowest BCUT2D eigenvalue weighted by Crippen LogP contribution is -2.43. The van der Waals surface area contributed by atoms with E-state index >= 15 is 0 Å². The number of aromatic nitrogens is 2. The van der Waals surface area contributed by atoms with E-state index in [-0.39, 0.29) is 30.0 Å². The van der Waals surface area contributed by atoms with Gasteiger partial charge in [0.2, 0.25) is 5.91 Å².